The SMILES string of the molecule is O=C(O)c1ccc(Br)cc1CN1CCCC1. The molecule has 0 aliphatic carbocycles. The number of halogens is 1. The van der Waals surface area contributed by atoms with E-state index in [9.17, 15) is 4.79 Å². The lowest BCUT2D eigenvalue weighted by Gasteiger charge is -2.16. The van der Waals surface area contributed by atoms with Gasteiger partial charge in [-0.05, 0) is 49.7 Å². The standard InChI is InChI=1S/C12H14BrNO2/c13-10-3-4-11(12(15)16)9(7-10)8-14-5-1-2-6-14/h3-4,7H,1-2,5-6,8H2,(H,15,16). The Bertz CT molecular complexity index is 400. The van der Waals surface area contributed by atoms with Crippen molar-refractivity contribution in [3.05, 3.63) is 33.8 Å². The molecule has 2 rings (SSSR count). The fourth-order valence-corrected chi connectivity index (χ4v) is 2.49. The van der Waals surface area contributed by atoms with Crippen LogP contribution >= 0.6 is 15.9 Å². The van der Waals surface area contributed by atoms with Crippen molar-refractivity contribution in [2.75, 3.05) is 13.1 Å². The van der Waals surface area contributed by atoms with Crippen molar-refractivity contribution >= 4 is 21.9 Å². The summed E-state index contributed by atoms with van der Waals surface area (Å²) in [7, 11) is 0. The molecule has 0 spiro atoms. The van der Waals surface area contributed by atoms with Crippen molar-refractivity contribution in [3.63, 3.8) is 0 Å². The van der Waals surface area contributed by atoms with Crippen LogP contribution in [-0.4, -0.2) is 29.1 Å². The van der Waals surface area contributed by atoms with E-state index in [4.69, 9.17) is 5.11 Å². The molecule has 3 nitrogen and oxygen atoms in total. The number of nitrogens with zero attached hydrogens (tertiary/aromatic N) is 1. The molecule has 0 bridgehead atoms. The first-order valence-electron chi connectivity index (χ1n) is 5.41. The van der Waals surface area contributed by atoms with E-state index in [1.165, 1.54) is 12.8 Å². The highest BCUT2D eigenvalue weighted by Crippen LogP contribution is 2.20. The quantitative estimate of drug-likeness (QED) is 0.927. The zero-order valence-corrected chi connectivity index (χ0v) is 10.5. The normalized spacial score (nSPS) is 16.6. The predicted octanol–water partition coefficient (Wildman–Crippen LogP) is 2.74. The molecule has 16 heavy (non-hydrogen) atoms. The summed E-state index contributed by atoms with van der Waals surface area (Å²) in [5.41, 5.74) is 1.30. The Kier molecular flexibility index (Phi) is 3.61. The molecule has 1 aliphatic heterocycles. The molecular weight excluding hydrogens is 270 g/mol. The smallest absolute Gasteiger partial charge is 0.336 e. The number of carboxylic acids is 1. The lowest BCUT2D eigenvalue weighted by molar-refractivity contribution is 0.0694. The number of benzene rings is 1. The Hall–Kier alpha value is -0.870. The number of likely N-dealkylation sites (tertiary alicyclic amines) is 1. The molecule has 0 saturated carbocycles. The average molecular weight is 284 g/mol. The summed E-state index contributed by atoms with van der Waals surface area (Å²) in [6, 6.07) is 5.34. The van der Waals surface area contributed by atoms with Gasteiger partial charge in [0.05, 0.1) is 5.56 Å². The Morgan fingerprint density at radius 2 is 2.06 bits per heavy atom. The van der Waals surface area contributed by atoms with Crippen molar-refractivity contribution in [1.82, 2.24) is 4.90 Å². The van der Waals surface area contributed by atoms with E-state index in [0.29, 0.717) is 5.56 Å². The van der Waals surface area contributed by atoms with Gasteiger partial charge < -0.3 is 5.11 Å². The van der Waals surface area contributed by atoms with Crippen molar-refractivity contribution in [2.24, 2.45) is 0 Å². The van der Waals surface area contributed by atoms with Crippen LogP contribution in [0.1, 0.15) is 28.8 Å². The molecule has 0 aromatic heterocycles. The van der Waals surface area contributed by atoms with Crippen molar-refractivity contribution in [2.45, 2.75) is 19.4 Å². The molecule has 0 unspecified atom stereocenters. The van der Waals surface area contributed by atoms with Gasteiger partial charge in [0, 0.05) is 11.0 Å². The minimum absolute atomic E-state index is 0.412. The zero-order valence-electron chi connectivity index (χ0n) is 8.95. The third-order valence-corrected chi connectivity index (χ3v) is 3.38. The molecule has 86 valence electrons. The summed E-state index contributed by atoms with van der Waals surface area (Å²) >= 11 is 3.38. The summed E-state index contributed by atoms with van der Waals surface area (Å²) < 4.78 is 0.937. The van der Waals surface area contributed by atoms with Crippen molar-refractivity contribution in [3.8, 4) is 0 Å². The molecule has 4 heteroatoms. The van der Waals surface area contributed by atoms with Gasteiger partial charge in [-0.2, -0.15) is 0 Å². The number of rotatable bonds is 3. The van der Waals surface area contributed by atoms with Crippen molar-refractivity contribution < 1.29 is 9.90 Å². The fraction of sp³-hybridized carbons (Fsp3) is 0.417. The van der Waals surface area contributed by atoms with Crippen LogP contribution in [0, 0.1) is 0 Å². The largest absolute Gasteiger partial charge is 0.478 e. The van der Waals surface area contributed by atoms with E-state index in [2.05, 4.69) is 20.8 Å². The Balaban J connectivity index is 2.22. The maximum atomic E-state index is 11.1. The van der Waals surface area contributed by atoms with E-state index in [0.717, 1.165) is 29.7 Å². The Morgan fingerprint density at radius 1 is 1.38 bits per heavy atom. The van der Waals surface area contributed by atoms with Crippen LogP contribution < -0.4 is 0 Å². The van der Waals surface area contributed by atoms with Crippen LogP contribution in [0.4, 0.5) is 0 Å². The molecule has 0 atom stereocenters. The summed E-state index contributed by atoms with van der Waals surface area (Å²) in [5, 5.41) is 9.10. The highest BCUT2D eigenvalue weighted by molar-refractivity contribution is 9.10. The molecule has 1 saturated heterocycles. The van der Waals surface area contributed by atoms with Gasteiger partial charge in [-0.25, -0.2) is 4.79 Å². The zero-order chi connectivity index (χ0) is 11.5. The second-order valence-electron chi connectivity index (χ2n) is 4.09. The van der Waals surface area contributed by atoms with Gasteiger partial charge in [-0.3, -0.25) is 4.90 Å². The van der Waals surface area contributed by atoms with E-state index in [1.54, 1.807) is 12.1 Å². The van der Waals surface area contributed by atoms with Gasteiger partial charge >= 0.3 is 5.97 Å². The molecule has 1 aromatic rings. The molecule has 1 N–H and O–H groups in total. The van der Waals surface area contributed by atoms with Gasteiger partial charge in [-0.1, -0.05) is 15.9 Å². The Labute approximate surface area is 103 Å². The van der Waals surface area contributed by atoms with E-state index >= 15 is 0 Å². The lowest BCUT2D eigenvalue weighted by atomic mass is 10.1. The number of hydrogen-bond donors (Lipinski definition) is 1. The van der Waals surface area contributed by atoms with Gasteiger partial charge in [0.2, 0.25) is 0 Å². The minimum Gasteiger partial charge on any atom is -0.478 e. The molecule has 1 aromatic carbocycles. The van der Waals surface area contributed by atoms with Gasteiger partial charge in [0.15, 0.2) is 0 Å². The van der Waals surface area contributed by atoms with E-state index in [1.807, 2.05) is 6.07 Å². The fourth-order valence-electron chi connectivity index (χ4n) is 2.08. The predicted molar refractivity (Wildman–Crippen MR) is 65.6 cm³/mol. The minimum atomic E-state index is -0.846. The van der Waals surface area contributed by atoms with Crippen LogP contribution in [0.25, 0.3) is 0 Å². The summed E-state index contributed by atoms with van der Waals surface area (Å²) in [6.45, 7) is 2.89. The lowest BCUT2D eigenvalue weighted by Crippen LogP contribution is -2.20. The summed E-state index contributed by atoms with van der Waals surface area (Å²) in [6.07, 6.45) is 2.44. The van der Waals surface area contributed by atoms with Crippen LogP contribution in [0.5, 0.6) is 0 Å². The molecular formula is C12H14BrNO2. The van der Waals surface area contributed by atoms with Gasteiger partial charge in [0.1, 0.15) is 0 Å². The number of carbonyl (C=O) groups is 1. The van der Waals surface area contributed by atoms with Gasteiger partial charge in [0.25, 0.3) is 0 Å². The third kappa shape index (κ3) is 2.62. The van der Waals surface area contributed by atoms with Crippen LogP contribution in [-0.2, 0) is 6.54 Å². The third-order valence-electron chi connectivity index (χ3n) is 2.89. The number of aromatic carboxylic acids is 1. The average Bonchev–Trinajstić information content (AvgIpc) is 2.70. The van der Waals surface area contributed by atoms with Crippen LogP contribution in [0.15, 0.2) is 22.7 Å². The summed E-state index contributed by atoms with van der Waals surface area (Å²) in [5.74, 6) is -0.846. The molecule has 1 aliphatic rings. The van der Waals surface area contributed by atoms with Crippen LogP contribution in [0.2, 0.25) is 0 Å². The highest BCUT2D eigenvalue weighted by atomic mass is 79.9. The maximum Gasteiger partial charge on any atom is 0.336 e. The van der Waals surface area contributed by atoms with E-state index < -0.39 is 5.97 Å². The Morgan fingerprint density at radius 3 is 2.69 bits per heavy atom. The highest BCUT2D eigenvalue weighted by Gasteiger charge is 2.16. The first kappa shape index (κ1) is 11.6. The molecule has 1 fully saturated rings. The van der Waals surface area contributed by atoms with E-state index in [-0.39, 0.29) is 0 Å². The van der Waals surface area contributed by atoms with Crippen LogP contribution in [0.3, 0.4) is 0 Å². The molecule has 0 radical (unpaired) electrons. The monoisotopic (exact) mass is 283 g/mol. The molecule has 1 heterocycles. The summed E-state index contributed by atoms with van der Waals surface area (Å²) in [4.78, 5) is 13.4. The topological polar surface area (TPSA) is 40.5 Å². The first-order chi connectivity index (χ1) is 7.66. The van der Waals surface area contributed by atoms with Gasteiger partial charge in [-0.15, -0.1) is 0 Å². The maximum absolute atomic E-state index is 11.1. The first-order valence-corrected chi connectivity index (χ1v) is 6.20. The molecule has 0 amide bonds. The second kappa shape index (κ2) is 4.97. The number of carboxylic acid groups (broad SMARTS) is 1. The number of hydrogen-bond acceptors (Lipinski definition) is 2. The second-order valence-corrected chi connectivity index (χ2v) is 5.01. The van der Waals surface area contributed by atoms with Crippen molar-refractivity contribution in [1.29, 1.82) is 0 Å².